The minimum Gasteiger partial charge on any atom is -0.481 e. The summed E-state index contributed by atoms with van der Waals surface area (Å²) in [7, 11) is 0. The number of ether oxygens (including phenoxy) is 1. The van der Waals surface area contributed by atoms with Crippen molar-refractivity contribution in [1.82, 2.24) is 0 Å². The number of allylic oxidation sites excluding steroid dienone is 1. The highest BCUT2D eigenvalue weighted by atomic mass is 16.5. The van der Waals surface area contributed by atoms with E-state index in [1.54, 1.807) is 13.0 Å². The number of carboxylic acids is 1. The van der Waals surface area contributed by atoms with Gasteiger partial charge in [0.2, 0.25) is 0 Å². The molecule has 0 radical (unpaired) electrons. The lowest BCUT2D eigenvalue weighted by molar-refractivity contribution is -0.139. The van der Waals surface area contributed by atoms with Gasteiger partial charge in [0, 0.05) is 0 Å². The van der Waals surface area contributed by atoms with E-state index in [9.17, 15) is 9.90 Å². The molecule has 1 fully saturated rings. The average Bonchev–Trinajstić information content (AvgIpc) is 2.92. The van der Waals surface area contributed by atoms with Gasteiger partial charge in [0.05, 0.1) is 30.7 Å². The second kappa shape index (κ2) is 8.21. The van der Waals surface area contributed by atoms with Gasteiger partial charge in [0.1, 0.15) is 0 Å². The first-order valence-electron chi connectivity index (χ1n) is 9.13. The van der Waals surface area contributed by atoms with E-state index in [1.165, 1.54) is 5.57 Å². The maximum absolute atomic E-state index is 11.2. The molecule has 0 amide bonds. The molecule has 0 saturated heterocycles. The Morgan fingerprint density at radius 2 is 2.36 bits per heavy atom. The quantitative estimate of drug-likeness (QED) is 0.545. The van der Waals surface area contributed by atoms with Crippen molar-refractivity contribution in [2.75, 3.05) is 6.61 Å². The fraction of sp³-hybridized carbons (Fsp3) is 0.667. The Labute approximate surface area is 151 Å². The van der Waals surface area contributed by atoms with Gasteiger partial charge in [-0.25, -0.2) is 0 Å². The summed E-state index contributed by atoms with van der Waals surface area (Å²) in [5.41, 5.74) is 0.569. The molecule has 2 N–H and O–H groups in total. The molecule has 0 aromatic carbocycles. The molecule has 4 atom stereocenters. The molecule has 1 saturated carbocycles. The van der Waals surface area contributed by atoms with E-state index >= 15 is 0 Å². The Kier molecular flexibility index (Phi) is 6.48. The predicted molar refractivity (Wildman–Crippen MR) is 98.0 cm³/mol. The molecule has 2 unspecified atom stereocenters. The summed E-state index contributed by atoms with van der Waals surface area (Å²) in [5.74, 6) is 4.46. The van der Waals surface area contributed by atoms with Crippen molar-refractivity contribution in [2.24, 2.45) is 11.3 Å². The topological polar surface area (TPSA) is 66.8 Å². The molecule has 1 spiro atoms. The van der Waals surface area contributed by atoms with Gasteiger partial charge >= 0.3 is 5.97 Å². The van der Waals surface area contributed by atoms with Gasteiger partial charge in [-0.2, -0.15) is 0 Å². The fourth-order valence-electron chi connectivity index (χ4n) is 4.14. The minimum absolute atomic E-state index is 0.0709. The standard InChI is InChI=1S/C21H30O4/c1-4-7-17(12-19(23)24)20(3,5-2)25-15-16-8-6-10-21(13-16)11-9-18(22)14-21/h5,13,17-18,22H,2,6,8-12,14-15H2,1,3H3,(H,23,24)/t17?,18-,20?,21-/m0/s1. The van der Waals surface area contributed by atoms with Crippen LogP contribution in [0.1, 0.15) is 58.8 Å². The molecule has 2 aliphatic carbocycles. The average molecular weight is 346 g/mol. The number of hydrogen-bond acceptors (Lipinski definition) is 3. The van der Waals surface area contributed by atoms with Crippen LogP contribution in [0.15, 0.2) is 24.3 Å². The van der Waals surface area contributed by atoms with Crippen LogP contribution in [0.5, 0.6) is 0 Å². The van der Waals surface area contributed by atoms with Crippen LogP contribution in [-0.2, 0) is 9.53 Å². The number of aliphatic hydroxyl groups excluding tert-OH is 1. The fourth-order valence-corrected chi connectivity index (χ4v) is 4.14. The van der Waals surface area contributed by atoms with Gasteiger partial charge in [-0.15, -0.1) is 12.5 Å². The highest BCUT2D eigenvalue weighted by Gasteiger charge is 2.39. The third-order valence-electron chi connectivity index (χ3n) is 5.66. The Bertz CT molecular complexity index is 597. The van der Waals surface area contributed by atoms with Gasteiger partial charge in [0.15, 0.2) is 0 Å². The van der Waals surface area contributed by atoms with Crippen molar-refractivity contribution < 1.29 is 19.7 Å². The molecule has 4 nitrogen and oxygen atoms in total. The first-order chi connectivity index (χ1) is 11.8. The third-order valence-corrected chi connectivity index (χ3v) is 5.66. The highest BCUT2D eigenvalue weighted by molar-refractivity contribution is 5.68. The summed E-state index contributed by atoms with van der Waals surface area (Å²) in [6.07, 6.45) is 9.73. The Hall–Kier alpha value is -1.57. The van der Waals surface area contributed by atoms with Crippen molar-refractivity contribution in [3.05, 3.63) is 24.3 Å². The normalized spacial score (nSPS) is 29.2. The molecule has 138 valence electrons. The Morgan fingerprint density at radius 3 is 2.92 bits per heavy atom. The zero-order valence-electron chi connectivity index (χ0n) is 15.4. The monoisotopic (exact) mass is 346 g/mol. The van der Waals surface area contributed by atoms with Gasteiger partial charge in [0.25, 0.3) is 0 Å². The van der Waals surface area contributed by atoms with Crippen LogP contribution in [0.4, 0.5) is 0 Å². The van der Waals surface area contributed by atoms with Crippen LogP contribution in [0.3, 0.4) is 0 Å². The lowest BCUT2D eigenvalue weighted by atomic mass is 9.75. The minimum atomic E-state index is -0.889. The summed E-state index contributed by atoms with van der Waals surface area (Å²) in [6, 6.07) is 0. The molecule has 25 heavy (non-hydrogen) atoms. The van der Waals surface area contributed by atoms with Crippen LogP contribution in [0.2, 0.25) is 0 Å². The molecule has 0 bridgehead atoms. The molecular formula is C21H30O4. The van der Waals surface area contributed by atoms with E-state index in [1.807, 2.05) is 6.92 Å². The Morgan fingerprint density at radius 1 is 1.60 bits per heavy atom. The number of carbonyl (C=O) groups is 1. The van der Waals surface area contributed by atoms with Gasteiger partial charge in [-0.3, -0.25) is 4.79 Å². The molecule has 0 aromatic heterocycles. The van der Waals surface area contributed by atoms with Crippen LogP contribution < -0.4 is 0 Å². The molecular weight excluding hydrogens is 316 g/mol. The molecule has 2 aliphatic rings. The van der Waals surface area contributed by atoms with Crippen molar-refractivity contribution >= 4 is 5.97 Å². The summed E-state index contributed by atoms with van der Waals surface area (Å²) in [5, 5.41) is 19.1. The maximum atomic E-state index is 11.2. The Balaban J connectivity index is 2.09. The van der Waals surface area contributed by atoms with E-state index in [2.05, 4.69) is 24.5 Å². The largest absolute Gasteiger partial charge is 0.481 e. The van der Waals surface area contributed by atoms with Crippen molar-refractivity contribution in [2.45, 2.75) is 70.5 Å². The third kappa shape index (κ3) is 4.96. The van der Waals surface area contributed by atoms with E-state index in [0.717, 1.165) is 38.5 Å². The van der Waals surface area contributed by atoms with Crippen LogP contribution in [0, 0.1) is 23.2 Å². The van der Waals surface area contributed by atoms with E-state index in [4.69, 9.17) is 9.84 Å². The lowest BCUT2D eigenvalue weighted by Crippen LogP contribution is -2.37. The van der Waals surface area contributed by atoms with E-state index in [-0.39, 0.29) is 17.9 Å². The zero-order valence-corrected chi connectivity index (χ0v) is 15.4. The number of aliphatic carboxylic acids is 1. The van der Waals surface area contributed by atoms with Gasteiger partial charge < -0.3 is 14.9 Å². The number of hydrogen-bond donors (Lipinski definition) is 2. The number of rotatable bonds is 7. The molecule has 0 heterocycles. The van der Waals surface area contributed by atoms with Crippen LogP contribution in [-0.4, -0.2) is 34.5 Å². The van der Waals surface area contributed by atoms with Crippen LogP contribution >= 0.6 is 0 Å². The second-order valence-corrected chi connectivity index (χ2v) is 7.64. The van der Waals surface area contributed by atoms with E-state index < -0.39 is 17.5 Å². The summed E-state index contributed by atoms with van der Waals surface area (Å²) < 4.78 is 6.15. The van der Waals surface area contributed by atoms with Gasteiger partial charge in [-0.05, 0) is 63.4 Å². The number of aliphatic hydroxyl groups is 1. The molecule has 2 rings (SSSR count). The first-order valence-corrected chi connectivity index (χ1v) is 9.13. The maximum Gasteiger partial charge on any atom is 0.304 e. The zero-order chi connectivity index (χ0) is 18.5. The lowest BCUT2D eigenvalue weighted by Gasteiger charge is -2.35. The summed E-state index contributed by atoms with van der Waals surface area (Å²) in [6.45, 7) is 7.87. The molecule has 0 aromatic rings. The van der Waals surface area contributed by atoms with E-state index in [0.29, 0.717) is 6.61 Å². The van der Waals surface area contributed by atoms with Crippen molar-refractivity contribution in [3.63, 3.8) is 0 Å². The predicted octanol–water partition coefficient (Wildman–Crippen LogP) is 3.70. The van der Waals surface area contributed by atoms with Crippen LogP contribution in [0.25, 0.3) is 0 Å². The van der Waals surface area contributed by atoms with Crippen molar-refractivity contribution in [3.8, 4) is 11.8 Å². The summed E-state index contributed by atoms with van der Waals surface area (Å²) >= 11 is 0. The summed E-state index contributed by atoms with van der Waals surface area (Å²) in [4.78, 5) is 11.2. The highest BCUT2D eigenvalue weighted by Crippen LogP contribution is 2.47. The van der Waals surface area contributed by atoms with Crippen molar-refractivity contribution in [1.29, 1.82) is 0 Å². The second-order valence-electron chi connectivity index (χ2n) is 7.64. The molecule has 4 heteroatoms. The SMILES string of the molecule is C=CC(C)(OCC1=C[C@]2(CCC1)CC[C@H](O)C2)C(C#CC)CC(=O)O. The van der Waals surface area contributed by atoms with Gasteiger partial charge in [-0.1, -0.05) is 18.1 Å². The molecule has 0 aliphatic heterocycles. The first kappa shape index (κ1) is 19.8. The smallest absolute Gasteiger partial charge is 0.304 e. The number of carboxylic acid groups (broad SMARTS) is 1.